The van der Waals surface area contributed by atoms with Crippen LogP contribution in [0.3, 0.4) is 0 Å². The summed E-state index contributed by atoms with van der Waals surface area (Å²) in [5.74, 6) is 2.96. The molecule has 2 aromatic heterocycles. The van der Waals surface area contributed by atoms with Crippen molar-refractivity contribution >= 4 is 5.91 Å². The van der Waals surface area contributed by atoms with Gasteiger partial charge in [-0.1, -0.05) is 19.0 Å². The molecular formula is C18H23N5O2. The Morgan fingerprint density at radius 3 is 2.76 bits per heavy atom. The van der Waals surface area contributed by atoms with Gasteiger partial charge >= 0.3 is 0 Å². The zero-order valence-electron chi connectivity index (χ0n) is 14.9. The van der Waals surface area contributed by atoms with Crippen LogP contribution in [0, 0.1) is 6.92 Å². The Kier molecular flexibility index (Phi) is 4.01. The van der Waals surface area contributed by atoms with E-state index in [1.165, 1.54) is 0 Å². The maximum atomic E-state index is 13.0. The molecule has 0 unspecified atom stereocenters. The maximum Gasteiger partial charge on any atom is 0.257 e. The molecule has 7 nitrogen and oxygen atoms in total. The highest BCUT2D eigenvalue weighted by molar-refractivity contribution is 5.95. The van der Waals surface area contributed by atoms with Gasteiger partial charge in [0.25, 0.3) is 5.91 Å². The van der Waals surface area contributed by atoms with Crippen LogP contribution in [-0.2, 0) is 0 Å². The van der Waals surface area contributed by atoms with Crippen LogP contribution in [-0.4, -0.2) is 44.0 Å². The minimum absolute atomic E-state index is 0.00636. The molecule has 132 valence electrons. The van der Waals surface area contributed by atoms with E-state index in [0.717, 1.165) is 30.8 Å². The number of aromatic nitrogens is 4. The zero-order valence-corrected chi connectivity index (χ0v) is 14.9. The summed E-state index contributed by atoms with van der Waals surface area (Å²) >= 11 is 0. The summed E-state index contributed by atoms with van der Waals surface area (Å²) in [4.78, 5) is 28.0. The van der Waals surface area contributed by atoms with Crippen LogP contribution in [0.4, 0.5) is 0 Å². The molecule has 1 saturated heterocycles. The van der Waals surface area contributed by atoms with Crippen LogP contribution in [0.2, 0.25) is 0 Å². The van der Waals surface area contributed by atoms with E-state index in [9.17, 15) is 4.79 Å². The summed E-state index contributed by atoms with van der Waals surface area (Å²) in [5.41, 5.74) is 1.42. The van der Waals surface area contributed by atoms with Gasteiger partial charge in [-0.2, -0.15) is 4.98 Å². The normalized spacial score (nSPS) is 20.5. The molecule has 1 amide bonds. The third-order valence-electron chi connectivity index (χ3n) is 4.94. The lowest BCUT2D eigenvalue weighted by atomic mass is 10.0. The topological polar surface area (TPSA) is 85.0 Å². The fourth-order valence-electron chi connectivity index (χ4n) is 3.33. The van der Waals surface area contributed by atoms with Crippen molar-refractivity contribution in [1.82, 2.24) is 25.0 Å². The van der Waals surface area contributed by atoms with E-state index in [-0.39, 0.29) is 17.7 Å². The van der Waals surface area contributed by atoms with E-state index in [2.05, 4.69) is 20.1 Å². The Balaban J connectivity index is 1.50. The maximum absolute atomic E-state index is 13.0. The minimum Gasteiger partial charge on any atom is -0.339 e. The van der Waals surface area contributed by atoms with Gasteiger partial charge in [0.1, 0.15) is 5.82 Å². The number of nitrogens with zero attached hydrogens (tertiary/aromatic N) is 5. The van der Waals surface area contributed by atoms with Crippen LogP contribution < -0.4 is 0 Å². The molecule has 0 N–H and O–H groups in total. The molecule has 2 aliphatic rings. The second-order valence-corrected chi connectivity index (χ2v) is 7.37. The van der Waals surface area contributed by atoms with Crippen LogP contribution in [0.5, 0.6) is 0 Å². The summed E-state index contributed by atoms with van der Waals surface area (Å²) in [5, 5.41) is 4.09. The summed E-state index contributed by atoms with van der Waals surface area (Å²) in [6.07, 6.45) is 4.81. The first-order chi connectivity index (χ1) is 12.0. The number of rotatable bonds is 4. The number of carbonyl (C=O) groups excluding carboxylic acids is 1. The molecule has 1 aliphatic carbocycles. The van der Waals surface area contributed by atoms with Gasteiger partial charge in [0.05, 0.1) is 17.2 Å². The van der Waals surface area contributed by atoms with Gasteiger partial charge < -0.3 is 9.42 Å². The first kappa shape index (κ1) is 16.2. The van der Waals surface area contributed by atoms with Crippen molar-refractivity contribution < 1.29 is 9.32 Å². The Hall–Kier alpha value is -2.31. The van der Waals surface area contributed by atoms with Crippen LogP contribution >= 0.6 is 0 Å². The van der Waals surface area contributed by atoms with Crippen molar-refractivity contribution in [3.63, 3.8) is 0 Å². The van der Waals surface area contributed by atoms with Crippen LogP contribution in [0.15, 0.2) is 10.7 Å². The van der Waals surface area contributed by atoms with Gasteiger partial charge in [-0.15, -0.1) is 0 Å². The minimum atomic E-state index is -0.00636. The molecule has 3 heterocycles. The lowest BCUT2D eigenvalue weighted by Crippen LogP contribution is -2.30. The Bertz CT molecular complexity index is 797. The van der Waals surface area contributed by atoms with E-state index < -0.39 is 0 Å². The average molecular weight is 341 g/mol. The summed E-state index contributed by atoms with van der Waals surface area (Å²) < 4.78 is 5.44. The highest BCUT2D eigenvalue weighted by Crippen LogP contribution is 2.39. The quantitative estimate of drug-likeness (QED) is 0.850. The van der Waals surface area contributed by atoms with Crippen molar-refractivity contribution in [2.24, 2.45) is 0 Å². The number of likely N-dealkylation sites (tertiary alicyclic amines) is 1. The SMILES string of the molecule is Cc1ncc(C(=O)N2CC[C@@H](c3nc(C4CC4)no3)C2)c(C(C)C)n1. The number of hydrogen-bond donors (Lipinski definition) is 0. The largest absolute Gasteiger partial charge is 0.339 e. The molecule has 1 saturated carbocycles. The van der Waals surface area contributed by atoms with Gasteiger partial charge in [0, 0.05) is 25.2 Å². The fourth-order valence-corrected chi connectivity index (χ4v) is 3.33. The standard InChI is InChI=1S/C18H23N5O2/c1-10(2)15-14(8-19-11(3)20-15)18(24)23-7-6-13(9-23)17-21-16(22-25-17)12-4-5-12/h8,10,12-13H,4-7,9H2,1-3H3/t13-/m1/s1. The summed E-state index contributed by atoms with van der Waals surface area (Å²) in [6.45, 7) is 7.23. The third-order valence-corrected chi connectivity index (χ3v) is 4.94. The number of hydrogen-bond acceptors (Lipinski definition) is 6. The number of aryl methyl sites for hydroxylation is 1. The number of carbonyl (C=O) groups is 1. The molecule has 25 heavy (non-hydrogen) atoms. The highest BCUT2D eigenvalue weighted by atomic mass is 16.5. The van der Waals surface area contributed by atoms with Gasteiger partial charge in [-0.05, 0) is 32.1 Å². The van der Waals surface area contributed by atoms with E-state index in [4.69, 9.17) is 4.52 Å². The molecule has 0 bridgehead atoms. The van der Waals surface area contributed by atoms with Crippen molar-refractivity contribution in [2.75, 3.05) is 13.1 Å². The highest BCUT2D eigenvalue weighted by Gasteiger charge is 2.35. The molecule has 2 aromatic rings. The monoisotopic (exact) mass is 341 g/mol. The Morgan fingerprint density at radius 2 is 2.04 bits per heavy atom. The van der Waals surface area contributed by atoms with Crippen molar-refractivity contribution in [2.45, 2.75) is 57.8 Å². The lowest BCUT2D eigenvalue weighted by Gasteiger charge is -2.18. The van der Waals surface area contributed by atoms with Crippen LogP contribution in [0.1, 0.15) is 84.5 Å². The smallest absolute Gasteiger partial charge is 0.257 e. The van der Waals surface area contributed by atoms with Crippen LogP contribution in [0.25, 0.3) is 0 Å². The van der Waals surface area contributed by atoms with E-state index in [1.807, 2.05) is 25.7 Å². The summed E-state index contributed by atoms with van der Waals surface area (Å²) in [7, 11) is 0. The third kappa shape index (κ3) is 3.15. The second-order valence-electron chi connectivity index (χ2n) is 7.37. The Morgan fingerprint density at radius 1 is 1.24 bits per heavy atom. The molecule has 1 aliphatic heterocycles. The second kappa shape index (κ2) is 6.20. The fraction of sp³-hybridized carbons (Fsp3) is 0.611. The number of amides is 1. The van der Waals surface area contributed by atoms with Gasteiger partial charge in [-0.25, -0.2) is 9.97 Å². The molecule has 0 radical (unpaired) electrons. The Labute approximate surface area is 146 Å². The average Bonchev–Trinajstić information content (AvgIpc) is 3.12. The predicted octanol–water partition coefficient (Wildman–Crippen LogP) is 2.80. The van der Waals surface area contributed by atoms with Crippen molar-refractivity contribution in [3.05, 3.63) is 35.0 Å². The van der Waals surface area contributed by atoms with Gasteiger partial charge in [-0.3, -0.25) is 4.79 Å². The zero-order chi connectivity index (χ0) is 17.6. The molecule has 7 heteroatoms. The molecule has 4 rings (SSSR count). The lowest BCUT2D eigenvalue weighted by molar-refractivity contribution is 0.0787. The van der Waals surface area contributed by atoms with Gasteiger partial charge in [0.15, 0.2) is 5.82 Å². The van der Waals surface area contributed by atoms with Gasteiger partial charge in [0.2, 0.25) is 5.89 Å². The first-order valence-electron chi connectivity index (χ1n) is 8.99. The molecule has 1 atom stereocenters. The van der Waals surface area contributed by atoms with E-state index in [0.29, 0.717) is 36.3 Å². The first-order valence-corrected chi connectivity index (χ1v) is 8.99. The molecular weight excluding hydrogens is 318 g/mol. The van der Waals surface area contributed by atoms with E-state index in [1.54, 1.807) is 6.20 Å². The van der Waals surface area contributed by atoms with Crippen molar-refractivity contribution in [1.29, 1.82) is 0 Å². The van der Waals surface area contributed by atoms with E-state index >= 15 is 0 Å². The summed E-state index contributed by atoms with van der Waals surface area (Å²) in [6, 6.07) is 0. The predicted molar refractivity (Wildman–Crippen MR) is 90.4 cm³/mol. The molecule has 2 fully saturated rings. The molecule has 0 aromatic carbocycles. The van der Waals surface area contributed by atoms with Crippen molar-refractivity contribution in [3.8, 4) is 0 Å². The molecule has 0 spiro atoms.